The van der Waals surface area contributed by atoms with Crippen LogP contribution in [0.2, 0.25) is 18.1 Å². The lowest BCUT2D eigenvalue weighted by molar-refractivity contribution is -0.282. The van der Waals surface area contributed by atoms with Gasteiger partial charge in [-0.3, -0.25) is 9.59 Å². The van der Waals surface area contributed by atoms with E-state index in [9.17, 15) is 9.59 Å². The largest absolute Gasteiger partial charge is 0.462 e. The van der Waals surface area contributed by atoms with E-state index >= 15 is 0 Å². The Morgan fingerprint density at radius 1 is 1.00 bits per heavy atom. The summed E-state index contributed by atoms with van der Waals surface area (Å²) >= 11 is 0. The molecule has 296 valence electrons. The number of benzene rings is 1. The first-order valence-corrected chi connectivity index (χ1v) is 22.4. The van der Waals surface area contributed by atoms with Crippen molar-refractivity contribution >= 4 is 26.3 Å². The molecule has 2 heterocycles. The standard InChI is InChI=1S/C42H64O10Si/c1-13-28-15-14-16-35(49-26(4)43)24(2)37(52-53(11,12)42(5,6)7)34-22-32-30-20-18-29(21-27(30)17-19-31(32)33(34)23-36(44)50-28)51-41-40(47-10)39(46-9)38(45-8)25(3)48-41/h17-22,24-25,28,31-33,35,37-41H,13-16,23H2,1-12H3/t24-,25+,28+,31+,32-,33-,35+,37+,38+,39-,40-,41+/m1/s1. The van der Waals surface area contributed by atoms with Gasteiger partial charge in [-0.15, -0.1) is 0 Å². The fourth-order valence-corrected chi connectivity index (χ4v) is 9.81. The van der Waals surface area contributed by atoms with E-state index in [-0.39, 0.29) is 83.7 Å². The van der Waals surface area contributed by atoms with Crippen LogP contribution in [0.1, 0.15) is 97.6 Å². The molecule has 1 aromatic rings. The van der Waals surface area contributed by atoms with E-state index < -0.39 is 20.7 Å². The summed E-state index contributed by atoms with van der Waals surface area (Å²) in [6, 6.07) is 6.14. The Kier molecular flexibility index (Phi) is 13.4. The maximum Gasteiger partial charge on any atom is 0.306 e. The van der Waals surface area contributed by atoms with Gasteiger partial charge in [0, 0.05) is 40.1 Å². The highest BCUT2D eigenvalue weighted by atomic mass is 28.4. The lowest BCUT2D eigenvalue weighted by Crippen LogP contribution is -2.60. The third-order valence-corrected chi connectivity index (χ3v) is 16.9. The molecule has 5 rings (SSSR count). The van der Waals surface area contributed by atoms with Gasteiger partial charge < -0.3 is 37.6 Å². The fraction of sp³-hybridized carbons (Fsp3) is 0.714. The lowest BCUT2D eigenvalue weighted by atomic mass is 9.75. The zero-order chi connectivity index (χ0) is 38.8. The molecule has 0 amide bonds. The maximum atomic E-state index is 13.7. The summed E-state index contributed by atoms with van der Waals surface area (Å²) in [6.45, 7) is 18.9. The number of ether oxygens (including phenoxy) is 7. The Morgan fingerprint density at radius 2 is 1.70 bits per heavy atom. The quantitative estimate of drug-likeness (QED) is 0.140. The molecule has 4 aliphatic rings. The number of methoxy groups -OCH3 is 3. The third-order valence-electron chi connectivity index (χ3n) is 12.5. The average Bonchev–Trinajstić information content (AvgIpc) is 3.45. The second kappa shape index (κ2) is 17.1. The number of hydrogen-bond acceptors (Lipinski definition) is 10. The summed E-state index contributed by atoms with van der Waals surface area (Å²) in [5.41, 5.74) is 3.29. The second-order valence-corrected chi connectivity index (χ2v) is 21.7. The molecule has 2 fully saturated rings. The van der Waals surface area contributed by atoms with Gasteiger partial charge in [-0.25, -0.2) is 0 Å². The molecule has 0 saturated carbocycles. The molecular formula is C42H64O10Si. The highest BCUT2D eigenvalue weighted by Gasteiger charge is 2.50. The van der Waals surface area contributed by atoms with Gasteiger partial charge in [0.15, 0.2) is 8.32 Å². The Hall–Kier alpha value is -2.54. The monoisotopic (exact) mass is 756 g/mol. The van der Waals surface area contributed by atoms with Gasteiger partial charge in [-0.1, -0.05) is 58.9 Å². The van der Waals surface area contributed by atoms with Gasteiger partial charge in [0.1, 0.15) is 36.3 Å². The highest BCUT2D eigenvalue weighted by Crippen LogP contribution is 2.53. The normalized spacial score (nSPS) is 35.1. The number of carbonyl (C=O) groups excluding carboxylic acids is 2. The Balaban J connectivity index is 1.54. The van der Waals surface area contributed by atoms with Crippen molar-refractivity contribution in [3.63, 3.8) is 0 Å². The Morgan fingerprint density at radius 3 is 2.32 bits per heavy atom. The van der Waals surface area contributed by atoms with Crippen molar-refractivity contribution < 1.29 is 47.2 Å². The minimum Gasteiger partial charge on any atom is -0.462 e. The molecule has 1 aromatic carbocycles. The summed E-state index contributed by atoms with van der Waals surface area (Å²) in [6.07, 6.45) is 6.90. The van der Waals surface area contributed by atoms with Gasteiger partial charge in [-0.2, -0.15) is 0 Å². The van der Waals surface area contributed by atoms with Crippen molar-refractivity contribution in [3.8, 4) is 5.75 Å². The number of fused-ring (bicyclic) bond motifs is 5. The predicted molar refractivity (Wildman–Crippen MR) is 206 cm³/mol. The minimum absolute atomic E-state index is 0.00634. The summed E-state index contributed by atoms with van der Waals surface area (Å²) in [5, 5.41) is -0.0552. The molecule has 0 bridgehead atoms. The SMILES string of the molecule is CC[C@H]1CCC[C@H](OC(C)=O)[C@@H](C)[C@H](O[Si](C)(C)C(C)(C)C)C2=C[C@@H]3c4ccc(O[C@@H]5O[C@@H](C)[C@H](OC)[C@@H](OC)[C@H]5OC)cc4C=C[C@@H]3[C@H]2CC(=O)O1. The van der Waals surface area contributed by atoms with Crippen LogP contribution in [0.25, 0.3) is 6.08 Å². The first-order valence-electron chi connectivity index (χ1n) is 19.5. The van der Waals surface area contributed by atoms with Crippen LogP contribution in [-0.4, -0.2) is 90.6 Å². The first-order chi connectivity index (χ1) is 25.0. The van der Waals surface area contributed by atoms with E-state index in [1.807, 2.05) is 19.1 Å². The maximum absolute atomic E-state index is 13.7. The first kappa shape index (κ1) is 41.6. The van der Waals surface area contributed by atoms with Gasteiger partial charge in [0.2, 0.25) is 6.29 Å². The minimum atomic E-state index is -2.34. The average molecular weight is 757 g/mol. The number of hydrogen-bond donors (Lipinski definition) is 0. The summed E-state index contributed by atoms with van der Waals surface area (Å²) in [7, 11) is 2.57. The number of carbonyl (C=O) groups is 2. The fourth-order valence-electron chi connectivity index (χ4n) is 8.47. The summed E-state index contributed by atoms with van der Waals surface area (Å²) < 4.78 is 49.5. The van der Waals surface area contributed by atoms with Gasteiger partial charge in [0.05, 0.1) is 18.6 Å². The van der Waals surface area contributed by atoms with E-state index in [0.29, 0.717) is 12.2 Å². The number of rotatable bonds is 9. The number of cyclic esters (lactones) is 1. The molecule has 53 heavy (non-hydrogen) atoms. The molecule has 11 heteroatoms. The van der Waals surface area contributed by atoms with Crippen LogP contribution in [0.3, 0.4) is 0 Å². The van der Waals surface area contributed by atoms with E-state index in [4.69, 9.17) is 37.6 Å². The molecule has 0 N–H and O–H groups in total. The van der Waals surface area contributed by atoms with E-state index in [1.54, 1.807) is 21.3 Å². The van der Waals surface area contributed by atoms with Crippen LogP contribution in [0.5, 0.6) is 5.75 Å². The second-order valence-electron chi connectivity index (χ2n) is 16.9. The molecule has 2 saturated heterocycles. The summed E-state index contributed by atoms with van der Waals surface area (Å²) in [4.78, 5) is 26.2. The molecular weight excluding hydrogens is 693 g/mol. The van der Waals surface area contributed by atoms with Crippen LogP contribution in [0.4, 0.5) is 0 Å². The molecule has 0 radical (unpaired) electrons. The van der Waals surface area contributed by atoms with Crippen LogP contribution >= 0.6 is 0 Å². The molecule has 2 aliphatic carbocycles. The van der Waals surface area contributed by atoms with Crippen molar-refractivity contribution in [1.29, 1.82) is 0 Å². The van der Waals surface area contributed by atoms with Crippen molar-refractivity contribution in [2.75, 3.05) is 21.3 Å². The Labute approximate surface area is 318 Å². The van der Waals surface area contributed by atoms with Crippen molar-refractivity contribution in [2.45, 2.75) is 154 Å². The predicted octanol–water partition coefficient (Wildman–Crippen LogP) is 7.99. The highest BCUT2D eigenvalue weighted by molar-refractivity contribution is 6.74. The van der Waals surface area contributed by atoms with Gasteiger partial charge >= 0.3 is 11.9 Å². The van der Waals surface area contributed by atoms with Crippen molar-refractivity contribution in [2.24, 2.45) is 17.8 Å². The summed E-state index contributed by atoms with van der Waals surface area (Å²) in [5.74, 6) is -0.0476. The van der Waals surface area contributed by atoms with Crippen molar-refractivity contribution in [1.82, 2.24) is 0 Å². The van der Waals surface area contributed by atoms with Gasteiger partial charge in [-0.05, 0) is 91.4 Å². The lowest BCUT2D eigenvalue weighted by Gasteiger charge is -2.44. The smallest absolute Gasteiger partial charge is 0.306 e. The third kappa shape index (κ3) is 8.97. The van der Waals surface area contributed by atoms with Crippen LogP contribution in [0.15, 0.2) is 35.9 Å². The van der Waals surface area contributed by atoms with Gasteiger partial charge in [0.25, 0.3) is 0 Å². The molecule has 2 aliphatic heterocycles. The molecule has 10 nitrogen and oxygen atoms in total. The molecule has 0 aromatic heterocycles. The number of esters is 2. The zero-order valence-corrected chi connectivity index (χ0v) is 35.0. The van der Waals surface area contributed by atoms with E-state index in [2.05, 4.69) is 72.0 Å². The Bertz CT molecular complexity index is 1500. The van der Waals surface area contributed by atoms with Crippen molar-refractivity contribution in [3.05, 3.63) is 47.1 Å². The van der Waals surface area contributed by atoms with Crippen LogP contribution in [-0.2, 0) is 42.4 Å². The molecule has 12 atom stereocenters. The van der Waals surface area contributed by atoms with E-state index in [0.717, 1.165) is 36.0 Å². The van der Waals surface area contributed by atoms with Crippen LogP contribution in [0, 0.1) is 17.8 Å². The topological polar surface area (TPSA) is 108 Å². The zero-order valence-electron chi connectivity index (χ0n) is 34.0. The van der Waals surface area contributed by atoms with Crippen LogP contribution < -0.4 is 4.74 Å². The number of allylic oxidation sites excluding steroid dienone is 2. The van der Waals surface area contributed by atoms with E-state index in [1.165, 1.54) is 6.92 Å². The molecule has 0 spiro atoms. The molecule has 0 unspecified atom stereocenters.